The number of aromatic nitrogens is 2. The summed E-state index contributed by atoms with van der Waals surface area (Å²) in [6.45, 7) is 0. The number of fused-ring (bicyclic) bond motifs is 1. The van der Waals surface area contributed by atoms with Crippen molar-refractivity contribution in [3.05, 3.63) is 54.2 Å². The maximum atomic E-state index is 11.4. The number of carboxylic acid groups (broad SMARTS) is 1. The number of nitrogens with zero attached hydrogens (tertiary/aromatic N) is 2. The van der Waals surface area contributed by atoms with Gasteiger partial charge in [0.2, 0.25) is 0 Å². The summed E-state index contributed by atoms with van der Waals surface area (Å²) < 4.78 is 1.25. The third-order valence-corrected chi connectivity index (χ3v) is 2.89. The average molecular weight is 254 g/mol. The van der Waals surface area contributed by atoms with Gasteiger partial charge >= 0.3 is 5.97 Å². The van der Waals surface area contributed by atoms with Crippen LogP contribution in [0.2, 0.25) is 0 Å². The lowest BCUT2D eigenvalue weighted by Gasteiger charge is -2.06. The van der Waals surface area contributed by atoms with Crippen LogP contribution in [0.15, 0.2) is 48.5 Å². The van der Waals surface area contributed by atoms with Gasteiger partial charge in [0.05, 0.1) is 5.52 Å². The molecule has 3 aromatic rings. The van der Waals surface area contributed by atoms with Crippen molar-refractivity contribution in [2.45, 2.75) is 0 Å². The summed E-state index contributed by atoms with van der Waals surface area (Å²) in [5, 5.41) is 24.0. The molecule has 0 bridgehead atoms. The molecule has 0 radical (unpaired) electrons. The highest BCUT2D eigenvalue weighted by Crippen LogP contribution is 2.26. The molecule has 94 valence electrons. The van der Waals surface area contributed by atoms with E-state index in [1.165, 1.54) is 10.7 Å². The van der Waals surface area contributed by atoms with Gasteiger partial charge in [-0.1, -0.05) is 30.3 Å². The lowest BCUT2D eigenvalue weighted by atomic mass is 10.2. The molecule has 0 fully saturated rings. The fourth-order valence-electron chi connectivity index (χ4n) is 2.06. The number of para-hydroxylation sites is 2. The standard InChI is InChI=1S/C14H10N2O3/c17-12-8-4-3-7-11(12)16-13(14(18)19)9-5-1-2-6-10(9)15-16/h1-8,17H,(H,18,19). The first kappa shape index (κ1) is 11.3. The Kier molecular flexibility index (Phi) is 2.45. The highest BCUT2D eigenvalue weighted by molar-refractivity contribution is 6.02. The zero-order valence-corrected chi connectivity index (χ0v) is 9.82. The summed E-state index contributed by atoms with van der Waals surface area (Å²) in [6.07, 6.45) is 0. The van der Waals surface area contributed by atoms with E-state index in [9.17, 15) is 15.0 Å². The Bertz CT molecular complexity index is 777. The van der Waals surface area contributed by atoms with Gasteiger partial charge in [-0.3, -0.25) is 0 Å². The van der Waals surface area contributed by atoms with E-state index in [-0.39, 0.29) is 11.4 Å². The van der Waals surface area contributed by atoms with E-state index >= 15 is 0 Å². The van der Waals surface area contributed by atoms with E-state index in [4.69, 9.17) is 0 Å². The van der Waals surface area contributed by atoms with Crippen molar-refractivity contribution in [3.8, 4) is 11.4 Å². The van der Waals surface area contributed by atoms with Crippen LogP contribution in [0.25, 0.3) is 16.6 Å². The van der Waals surface area contributed by atoms with Crippen molar-refractivity contribution in [2.24, 2.45) is 0 Å². The first-order valence-electron chi connectivity index (χ1n) is 5.68. The van der Waals surface area contributed by atoms with Gasteiger partial charge in [0, 0.05) is 5.39 Å². The van der Waals surface area contributed by atoms with E-state index < -0.39 is 5.97 Å². The number of phenols is 1. The second-order valence-electron chi connectivity index (χ2n) is 4.07. The minimum absolute atomic E-state index is 0.0159. The van der Waals surface area contributed by atoms with E-state index in [0.717, 1.165) is 0 Å². The highest BCUT2D eigenvalue weighted by atomic mass is 16.4. The Labute approximate surface area is 108 Å². The van der Waals surface area contributed by atoms with Crippen molar-refractivity contribution in [2.75, 3.05) is 0 Å². The number of carbonyl (C=O) groups is 1. The van der Waals surface area contributed by atoms with Crippen LogP contribution in [0.3, 0.4) is 0 Å². The number of aromatic carboxylic acids is 1. The van der Waals surface area contributed by atoms with Gasteiger partial charge in [-0.15, -0.1) is 0 Å². The molecule has 0 spiro atoms. The molecule has 0 aliphatic carbocycles. The smallest absolute Gasteiger partial charge is 0.355 e. The van der Waals surface area contributed by atoms with Gasteiger partial charge < -0.3 is 10.2 Å². The fourth-order valence-corrected chi connectivity index (χ4v) is 2.06. The summed E-state index contributed by atoms with van der Waals surface area (Å²) in [4.78, 5) is 11.4. The van der Waals surface area contributed by atoms with E-state index in [2.05, 4.69) is 5.10 Å². The van der Waals surface area contributed by atoms with Crippen molar-refractivity contribution >= 4 is 16.9 Å². The number of benzene rings is 2. The molecule has 2 aromatic carbocycles. The Hall–Kier alpha value is -2.82. The van der Waals surface area contributed by atoms with Gasteiger partial charge in [0.15, 0.2) is 5.69 Å². The van der Waals surface area contributed by atoms with E-state index in [0.29, 0.717) is 16.6 Å². The third-order valence-electron chi connectivity index (χ3n) is 2.89. The molecule has 0 saturated carbocycles. The lowest BCUT2D eigenvalue weighted by molar-refractivity contribution is 0.0689. The summed E-state index contributed by atoms with van der Waals surface area (Å²) in [7, 11) is 0. The number of phenolic OH excluding ortho intramolecular Hbond substituents is 1. The molecule has 0 aliphatic rings. The number of aromatic hydroxyl groups is 1. The normalized spacial score (nSPS) is 10.7. The number of hydrogen-bond donors (Lipinski definition) is 2. The average Bonchev–Trinajstić information content (AvgIpc) is 2.78. The zero-order valence-electron chi connectivity index (χ0n) is 9.82. The van der Waals surface area contributed by atoms with Crippen molar-refractivity contribution in [1.82, 2.24) is 9.78 Å². The minimum Gasteiger partial charge on any atom is -0.506 e. The van der Waals surface area contributed by atoms with Gasteiger partial charge in [-0.05, 0) is 18.2 Å². The lowest BCUT2D eigenvalue weighted by Crippen LogP contribution is -2.08. The van der Waals surface area contributed by atoms with Crippen LogP contribution in [-0.4, -0.2) is 26.0 Å². The van der Waals surface area contributed by atoms with Crippen molar-refractivity contribution in [3.63, 3.8) is 0 Å². The van der Waals surface area contributed by atoms with Crippen LogP contribution in [0.5, 0.6) is 5.75 Å². The quantitative estimate of drug-likeness (QED) is 0.736. The Morgan fingerprint density at radius 3 is 2.47 bits per heavy atom. The molecule has 0 amide bonds. The molecular weight excluding hydrogens is 244 g/mol. The van der Waals surface area contributed by atoms with Gasteiger partial charge in [-0.25, -0.2) is 9.48 Å². The van der Waals surface area contributed by atoms with Crippen LogP contribution in [0, 0.1) is 0 Å². The number of rotatable bonds is 2. The Morgan fingerprint density at radius 2 is 1.74 bits per heavy atom. The van der Waals surface area contributed by atoms with Crippen LogP contribution in [0.1, 0.15) is 10.5 Å². The molecule has 19 heavy (non-hydrogen) atoms. The molecule has 5 heteroatoms. The fraction of sp³-hybridized carbons (Fsp3) is 0. The molecule has 0 atom stereocenters. The maximum Gasteiger partial charge on any atom is 0.355 e. The van der Waals surface area contributed by atoms with Crippen LogP contribution in [-0.2, 0) is 0 Å². The molecular formula is C14H10N2O3. The molecule has 2 N–H and O–H groups in total. The Balaban J connectivity index is 2.38. The first-order chi connectivity index (χ1) is 9.18. The monoisotopic (exact) mass is 254 g/mol. The minimum atomic E-state index is -1.09. The third kappa shape index (κ3) is 1.72. The molecule has 0 unspecified atom stereocenters. The van der Waals surface area contributed by atoms with Gasteiger partial charge in [0.1, 0.15) is 11.4 Å². The molecule has 0 aliphatic heterocycles. The molecule has 1 heterocycles. The largest absolute Gasteiger partial charge is 0.506 e. The van der Waals surface area contributed by atoms with Crippen LogP contribution >= 0.6 is 0 Å². The predicted octanol–water partition coefficient (Wildman–Crippen LogP) is 2.43. The van der Waals surface area contributed by atoms with Gasteiger partial charge in [-0.2, -0.15) is 5.10 Å². The number of hydrogen-bond acceptors (Lipinski definition) is 3. The van der Waals surface area contributed by atoms with Gasteiger partial charge in [0.25, 0.3) is 0 Å². The molecule has 5 nitrogen and oxygen atoms in total. The van der Waals surface area contributed by atoms with E-state index in [1.807, 2.05) is 0 Å². The molecule has 0 saturated heterocycles. The topological polar surface area (TPSA) is 75.3 Å². The predicted molar refractivity (Wildman–Crippen MR) is 69.7 cm³/mol. The molecule has 3 rings (SSSR count). The SMILES string of the molecule is O=C(O)c1c2ccccc2nn1-c1ccccc1O. The first-order valence-corrected chi connectivity index (χ1v) is 5.68. The summed E-state index contributed by atoms with van der Waals surface area (Å²) >= 11 is 0. The van der Waals surface area contributed by atoms with Crippen molar-refractivity contribution < 1.29 is 15.0 Å². The Morgan fingerprint density at radius 1 is 1.05 bits per heavy atom. The van der Waals surface area contributed by atoms with Crippen LogP contribution < -0.4 is 0 Å². The van der Waals surface area contributed by atoms with Crippen LogP contribution in [0.4, 0.5) is 0 Å². The van der Waals surface area contributed by atoms with Crippen molar-refractivity contribution in [1.29, 1.82) is 0 Å². The maximum absolute atomic E-state index is 11.4. The second kappa shape index (κ2) is 4.13. The second-order valence-corrected chi connectivity index (χ2v) is 4.07. The zero-order chi connectivity index (χ0) is 13.4. The number of carboxylic acids is 1. The summed E-state index contributed by atoms with van der Waals surface area (Å²) in [6, 6.07) is 13.5. The van der Waals surface area contributed by atoms with E-state index in [1.54, 1.807) is 42.5 Å². The molecule has 1 aromatic heterocycles. The summed E-state index contributed by atoms with van der Waals surface area (Å²) in [5.41, 5.74) is 0.955. The summed E-state index contributed by atoms with van der Waals surface area (Å²) in [5.74, 6) is -1.10. The highest BCUT2D eigenvalue weighted by Gasteiger charge is 2.19.